The van der Waals surface area contributed by atoms with Gasteiger partial charge in [0.2, 0.25) is 0 Å². The second kappa shape index (κ2) is 6.81. The van der Waals surface area contributed by atoms with Gasteiger partial charge in [0.25, 0.3) is 0 Å². The Kier molecular flexibility index (Phi) is 5.61. The normalized spacial score (nSPS) is 10.6. The van der Waals surface area contributed by atoms with E-state index in [1.165, 1.54) is 0 Å². The Balaban J connectivity index is 2.24. The van der Waals surface area contributed by atoms with Gasteiger partial charge in [0.05, 0.1) is 5.69 Å². The molecule has 0 saturated heterocycles. The van der Waals surface area contributed by atoms with Gasteiger partial charge in [-0.05, 0) is 56.1 Å². The highest BCUT2D eigenvalue weighted by Gasteiger charge is 2.09. The lowest BCUT2D eigenvalue weighted by molar-refractivity contribution is 1.14. The third kappa shape index (κ3) is 3.88. The number of hydrogen-bond donors (Lipinski definition) is 1. The van der Waals surface area contributed by atoms with Crippen molar-refractivity contribution in [3.8, 4) is 0 Å². The van der Waals surface area contributed by atoms with Crippen molar-refractivity contribution in [1.82, 2.24) is 0 Å². The van der Waals surface area contributed by atoms with Crippen molar-refractivity contribution in [2.75, 3.05) is 5.32 Å². The third-order valence-corrected chi connectivity index (χ3v) is 4.93. The number of anilines is 1. The molecule has 0 aliphatic carbocycles. The summed E-state index contributed by atoms with van der Waals surface area (Å²) in [7, 11) is 0. The Morgan fingerprint density at radius 3 is 2.00 bits per heavy atom. The smallest absolute Gasteiger partial charge is 0.0632 e. The molecule has 0 atom stereocenters. The van der Waals surface area contributed by atoms with Crippen LogP contribution in [-0.4, -0.2) is 0 Å². The Hall–Kier alpha value is 0.260. The van der Waals surface area contributed by atoms with Crippen molar-refractivity contribution in [1.29, 1.82) is 0 Å². The average molecular weight is 489 g/mol. The zero-order valence-corrected chi connectivity index (χ0v) is 15.8. The quantitative estimate of drug-likeness (QED) is 0.496. The molecule has 19 heavy (non-hydrogen) atoms. The van der Waals surface area contributed by atoms with Crippen LogP contribution in [0.1, 0.15) is 5.56 Å². The van der Waals surface area contributed by atoms with E-state index in [1.807, 2.05) is 30.3 Å². The van der Waals surface area contributed by atoms with E-state index in [0.717, 1.165) is 24.7 Å². The molecule has 0 radical (unpaired) electrons. The van der Waals surface area contributed by atoms with Gasteiger partial charge in [-0.2, -0.15) is 0 Å². The van der Waals surface area contributed by atoms with Gasteiger partial charge in [0.1, 0.15) is 0 Å². The molecule has 0 aliphatic heterocycles. The molecule has 1 nitrogen and oxygen atoms in total. The topological polar surface area (TPSA) is 12.0 Å². The lowest BCUT2D eigenvalue weighted by atomic mass is 10.2. The van der Waals surface area contributed by atoms with E-state index in [9.17, 15) is 0 Å². The van der Waals surface area contributed by atoms with Crippen LogP contribution in [0.2, 0.25) is 10.0 Å². The summed E-state index contributed by atoms with van der Waals surface area (Å²) in [5, 5.41) is 4.64. The maximum Gasteiger partial charge on any atom is 0.0632 e. The zero-order valence-electron chi connectivity index (χ0n) is 9.48. The molecule has 6 heteroatoms. The van der Waals surface area contributed by atoms with E-state index in [2.05, 4.69) is 53.1 Å². The molecule has 0 heterocycles. The summed E-state index contributed by atoms with van der Waals surface area (Å²) >= 11 is 22.8. The predicted molar refractivity (Wildman–Crippen MR) is 93.3 cm³/mol. The molecule has 2 aromatic rings. The summed E-state index contributed by atoms with van der Waals surface area (Å²) < 4.78 is 2.90. The van der Waals surface area contributed by atoms with Crippen LogP contribution in [0.25, 0.3) is 0 Å². The SMILES string of the molecule is Clc1cccc(Cl)c1CNc1c(Br)cc(Br)cc1Br. The molecule has 0 fully saturated rings. The molecule has 1 N–H and O–H groups in total. The molecular weight excluding hydrogens is 481 g/mol. The van der Waals surface area contributed by atoms with Crippen molar-refractivity contribution in [2.24, 2.45) is 0 Å². The van der Waals surface area contributed by atoms with Gasteiger partial charge < -0.3 is 5.32 Å². The van der Waals surface area contributed by atoms with E-state index in [1.54, 1.807) is 0 Å². The molecule has 0 aromatic heterocycles. The largest absolute Gasteiger partial charge is 0.379 e. The molecule has 0 aliphatic rings. The van der Waals surface area contributed by atoms with Gasteiger partial charge in [-0.15, -0.1) is 0 Å². The molecule has 2 aromatic carbocycles. The van der Waals surface area contributed by atoms with Gasteiger partial charge in [0.15, 0.2) is 0 Å². The van der Waals surface area contributed by atoms with Crippen molar-refractivity contribution < 1.29 is 0 Å². The fourth-order valence-electron chi connectivity index (χ4n) is 1.59. The third-order valence-electron chi connectivity index (χ3n) is 2.51. The van der Waals surface area contributed by atoms with Crippen LogP contribution in [0.3, 0.4) is 0 Å². The fourth-order valence-corrected chi connectivity index (χ4v) is 4.66. The summed E-state index contributed by atoms with van der Waals surface area (Å²) in [6.45, 7) is 0.553. The summed E-state index contributed by atoms with van der Waals surface area (Å²) in [5.74, 6) is 0. The standard InChI is InChI=1S/C13H8Br3Cl2N/c14-7-4-9(15)13(10(16)5-7)19-6-8-11(17)2-1-3-12(8)18/h1-5,19H,6H2. The van der Waals surface area contributed by atoms with E-state index in [-0.39, 0.29) is 0 Å². The first-order valence-corrected chi connectivity index (χ1v) is 8.44. The molecule has 0 bridgehead atoms. The molecule has 0 unspecified atom stereocenters. The molecular formula is C13H8Br3Cl2N. The second-order valence-corrected chi connectivity index (χ2v) is 7.24. The Labute approximate surface area is 147 Å². The van der Waals surface area contributed by atoms with Gasteiger partial charge in [-0.3, -0.25) is 0 Å². The highest BCUT2D eigenvalue weighted by Crippen LogP contribution is 2.35. The molecule has 0 amide bonds. The minimum Gasteiger partial charge on any atom is -0.379 e. The van der Waals surface area contributed by atoms with Crippen LogP contribution in [0, 0.1) is 0 Å². The summed E-state index contributed by atoms with van der Waals surface area (Å²) in [6.07, 6.45) is 0. The van der Waals surface area contributed by atoms with E-state index < -0.39 is 0 Å². The van der Waals surface area contributed by atoms with E-state index in [0.29, 0.717) is 16.6 Å². The van der Waals surface area contributed by atoms with Gasteiger partial charge in [-0.1, -0.05) is 45.2 Å². The number of halogens is 5. The van der Waals surface area contributed by atoms with Crippen LogP contribution in [-0.2, 0) is 6.54 Å². The molecule has 100 valence electrons. The van der Waals surface area contributed by atoms with Crippen LogP contribution >= 0.6 is 71.0 Å². The van der Waals surface area contributed by atoms with Gasteiger partial charge in [-0.25, -0.2) is 0 Å². The zero-order chi connectivity index (χ0) is 14.0. The monoisotopic (exact) mass is 485 g/mol. The summed E-state index contributed by atoms with van der Waals surface area (Å²) in [5.41, 5.74) is 1.84. The first-order valence-electron chi connectivity index (χ1n) is 5.30. The number of hydrogen-bond acceptors (Lipinski definition) is 1. The van der Waals surface area contributed by atoms with E-state index in [4.69, 9.17) is 23.2 Å². The average Bonchev–Trinajstić information content (AvgIpc) is 2.31. The van der Waals surface area contributed by atoms with Crippen LogP contribution in [0.15, 0.2) is 43.7 Å². The van der Waals surface area contributed by atoms with Crippen molar-refractivity contribution >= 4 is 76.7 Å². The lowest BCUT2D eigenvalue weighted by Crippen LogP contribution is -2.02. The van der Waals surface area contributed by atoms with E-state index >= 15 is 0 Å². The number of nitrogens with one attached hydrogen (secondary N) is 1. The maximum absolute atomic E-state index is 6.15. The first-order chi connectivity index (χ1) is 8.99. The molecule has 0 spiro atoms. The first kappa shape index (κ1) is 15.6. The molecule has 0 saturated carbocycles. The second-order valence-electron chi connectivity index (χ2n) is 3.80. The highest BCUT2D eigenvalue weighted by molar-refractivity contribution is 9.11. The minimum absolute atomic E-state index is 0.553. The lowest BCUT2D eigenvalue weighted by Gasteiger charge is -2.13. The van der Waals surface area contributed by atoms with Crippen molar-refractivity contribution in [3.05, 3.63) is 59.4 Å². The molecule has 2 rings (SSSR count). The predicted octanol–water partition coefficient (Wildman–Crippen LogP) is 6.89. The van der Waals surface area contributed by atoms with Crippen LogP contribution < -0.4 is 5.32 Å². The van der Waals surface area contributed by atoms with Gasteiger partial charge in [0, 0.05) is 35.6 Å². The summed E-state index contributed by atoms with van der Waals surface area (Å²) in [4.78, 5) is 0. The van der Waals surface area contributed by atoms with Crippen molar-refractivity contribution in [3.63, 3.8) is 0 Å². The highest BCUT2D eigenvalue weighted by atomic mass is 79.9. The Morgan fingerprint density at radius 1 is 0.947 bits per heavy atom. The minimum atomic E-state index is 0.553. The number of rotatable bonds is 3. The van der Waals surface area contributed by atoms with Crippen molar-refractivity contribution in [2.45, 2.75) is 6.54 Å². The fraction of sp³-hybridized carbons (Fsp3) is 0.0769. The van der Waals surface area contributed by atoms with Crippen LogP contribution in [0.5, 0.6) is 0 Å². The summed E-state index contributed by atoms with van der Waals surface area (Å²) in [6, 6.07) is 9.44. The maximum atomic E-state index is 6.15. The number of benzene rings is 2. The van der Waals surface area contributed by atoms with Crippen LogP contribution in [0.4, 0.5) is 5.69 Å². The van der Waals surface area contributed by atoms with Gasteiger partial charge >= 0.3 is 0 Å². The Morgan fingerprint density at radius 2 is 1.47 bits per heavy atom. The Bertz CT molecular complexity index is 574.